The number of rotatable bonds is 8. The number of guanidine groups is 1. The summed E-state index contributed by atoms with van der Waals surface area (Å²) in [5, 5.41) is 9.35. The van der Waals surface area contributed by atoms with E-state index in [0.717, 1.165) is 44.2 Å². The van der Waals surface area contributed by atoms with E-state index in [9.17, 15) is 4.79 Å². The molecule has 0 saturated heterocycles. The van der Waals surface area contributed by atoms with Crippen molar-refractivity contribution >= 4 is 11.9 Å². The molecule has 1 amide bonds. The van der Waals surface area contributed by atoms with Crippen LogP contribution in [0.3, 0.4) is 0 Å². The average Bonchev–Trinajstić information content (AvgIpc) is 3.15. The van der Waals surface area contributed by atoms with Crippen LogP contribution in [0.2, 0.25) is 0 Å². The maximum Gasteiger partial charge on any atom is 0.242 e. The highest BCUT2D eigenvalue weighted by Gasteiger charge is 2.22. The van der Waals surface area contributed by atoms with Crippen molar-refractivity contribution in [3.05, 3.63) is 0 Å². The van der Waals surface area contributed by atoms with Crippen LogP contribution < -0.4 is 16.0 Å². The molecule has 0 aromatic heterocycles. The Balaban J connectivity index is 2.22. The number of hydrogen-bond acceptors (Lipinski definition) is 2. The molecule has 5 nitrogen and oxygen atoms in total. The van der Waals surface area contributed by atoms with Gasteiger partial charge in [-0.3, -0.25) is 4.79 Å². The van der Waals surface area contributed by atoms with Gasteiger partial charge in [-0.25, -0.2) is 4.99 Å². The molecule has 0 atom stereocenters. The van der Waals surface area contributed by atoms with E-state index in [2.05, 4.69) is 34.8 Å². The quantitative estimate of drug-likeness (QED) is 0.353. The molecule has 1 aliphatic carbocycles. The molecule has 0 bridgehead atoms. The Morgan fingerprint density at radius 1 is 1.32 bits per heavy atom. The van der Waals surface area contributed by atoms with Gasteiger partial charge in [-0.05, 0) is 38.5 Å². The zero-order chi connectivity index (χ0) is 14.1. The monoisotopic (exact) mass is 268 g/mol. The third-order valence-electron chi connectivity index (χ3n) is 2.92. The highest BCUT2D eigenvalue weighted by atomic mass is 16.2. The van der Waals surface area contributed by atoms with Crippen molar-refractivity contribution in [3.8, 4) is 0 Å². The standard InChI is InChI=1S/C14H28N4O/c1-4-15-14(16-9-5-6-11(2)3)17-10-13(19)18-12-7-8-12/h11-12H,4-10H2,1-3H3,(H,18,19)(H2,15,16,17). The van der Waals surface area contributed by atoms with Crippen molar-refractivity contribution in [1.82, 2.24) is 16.0 Å². The Morgan fingerprint density at radius 3 is 2.63 bits per heavy atom. The van der Waals surface area contributed by atoms with Crippen molar-refractivity contribution in [2.45, 2.75) is 52.5 Å². The Morgan fingerprint density at radius 2 is 2.05 bits per heavy atom. The second-order valence-corrected chi connectivity index (χ2v) is 5.50. The molecule has 110 valence electrons. The van der Waals surface area contributed by atoms with Crippen molar-refractivity contribution in [2.24, 2.45) is 10.9 Å². The SMILES string of the molecule is CCNC(=NCC(=O)NC1CC1)NCCCC(C)C. The van der Waals surface area contributed by atoms with Gasteiger partial charge >= 0.3 is 0 Å². The third-order valence-corrected chi connectivity index (χ3v) is 2.92. The number of carbonyl (C=O) groups excluding carboxylic acids is 1. The van der Waals surface area contributed by atoms with Crippen LogP contribution in [0, 0.1) is 5.92 Å². The van der Waals surface area contributed by atoms with E-state index in [1.165, 1.54) is 6.42 Å². The fourth-order valence-electron chi connectivity index (χ4n) is 1.71. The second-order valence-electron chi connectivity index (χ2n) is 5.50. The van der Waals surface area contributed by atoms with Gasteiger partial charge in [0.05, 0.1) is 0 Å². The summed E-state index contributed by atoms with van der Waals surface area (Å²) in [6.45, 7) is 8.38. The molecule has 0 aromatic carbocycles. The lowest BCUT2D eigenvalue weighted by Crippen LogP contribution is -2.39. The molecule has 19 heavy (non-hydrogen) atoms. The first-order valence-corrected chi connectivity index (χ1v) is 7.43. The van der Waals surface area contributed by atoms with Crippen LogP contribution in [0.5, 0.6) is 0 Å². The normalized spacial score (nSPS) is 15.5. The molecule has 1 saturated carbocycles. The van der Waals surface area contributed by atoms with Gasteiger partial charge in [-0.2, -0.15) is 0 Å². The molecule has 3 N–H and O–H groups in total. The van der Waals surface area contributed by atoms with Crippen molar-refractivity contribution < 1.29 is 4.79 Å². The smallest absolute Gasteiger partial charge is 0.242 e. The van der Waals surface area contributed by atoms with E-state index < -0.39 is 0 Å². The van der Waals surface area contributed by atoms with Gasteiger partial charge in [0.1, 0.15) is 6.54 Å². The summed E-state index contributed by atoms with van der Waals surface area (Å²) in [6, 6.07) is 0.407. The van der Waals surface area contributed by atoms with Crippen LogP contribution in [0.1, 0.15) is 46.5 Å². The molecule has 5 heteroatoms. The summed E-state index contributed by atoms with van der Waals surface area (Å²) in [7, 11) is 0. The fourth-order valence-corrected chi connectivity index (χ4v) is 1.71. The Hall–Kier alpha value is -1.26. The summed E-state index contributed by atoms with van der Waals surface area (Å²) in [4.78, 5) is 15.8. The van der Waals surface area contributed by atoms with Crippen LogP contribution in [0.4, 0.5) is 0 Å². The molecular formula is C14H28N4O. The Labute approximate surface area is 116 Å². The second kappa shape index (κ2) is 8.77. The predicted octanol–water partition coefficient (Wildman–Crippen LogP) is 1.26. The van der Waals surface area contributed by atoms with Crippen LogP contribution in [-0.2, 0) is 4.79 Å². The third kappa shape index (κ3) is 8.46. The molecule has 0 spiro atoms. The van der Waals surface area contributed by atoms with Gasteiger partial charge in [0.25, 0.3) is 0 Å². The molecular weight excluding hydrogens is 240 g/mol. The predicted molar refractivity (Wildman–Crippen MR) is 79.2 cm³/mol. The van der Waals surface area contributed by atoms with E-state index in [0.29, 0.717) is 6.04 Å². The van der Waals surface area contributed by atoms with Gasteiger partial charge in [0.15, 0.2) is 5.96 Å². The lowest BCUT2D eigenvalue weighted by atomic mass is 10.1. The lowest BCUT2D eigenvalue weighted by molar-refractivity contribution is -0.119. The van der Waals surface area contributed by atoms with Gasteiger partial charge < -0.3 is 16.0 Å². The highest BCUT2D eigenvalue weighted by Crippen LogP contribution is 2.18. The summed E-state index contributed by atoms with van der Waals surface area (Å²) in [5.41, 5.74) is 0. The first-order valence-electron chi connectivity index (χ1n) is 7.43. The maximum absolute atomic E-state index is 11.5. The molecule has 0 aliphatic heterocycles. The van der Waals surface area contributed by atoms with Crippen LogP contribution >= 0.6 is 0 Å². The zero-order valence-corrected chi connectivity index (χ0v) is 12.5. The molecule has 0 radical (unpaired) electrons. The summed E-state index contributed by atoms with van der Waals surface area (Å²) < 4.78 is 0. The van der Waals surface area contributed by atoms with Crippen LogP contribution in [0.25, 0.3) is 0 Å². The van der Waals surface area contributed by atoms with Gasteiger partial charge in [0, 0.05) is 19.1 Å². The van der Waals surface area contributed by atoms with Gasteiger partial charge in [-0.1, -0.05) is 13.8 Å². The Bertz CT molecular complexity index is 298. The van der Waals surface area contributed by atoms with Crippen molar-refractivity contribution in [3.63, 3.8) is 0 Å². The first kappa shape index (κ1) is 15.8. The minimum absolute atomic E-state index is 0.0156. The first-order chi connectivity index (χ1) is 9.11. The lowest BCUT2D eigenvalue weighted by Gasteiger charge is -2.11. The molecule has 1 fully saturated rings. The maximum atomic E-state index is 11.5. The summed E-state index contributed by atoms with van der Waals surface area (Å²) in [5.74, 6) is 1.48. The topological polar surface area (TPSA) is 65.5 Å². The number of amides is 1. The Kier molecular flexibility index (Phi) is 7.30. The number of hydrogen-bond donors (Lipinski definition) is 3. The van der Waals surface area contributed by atoms with Gasteiger partial charge in [0.2, 0.25) is 5.91 Å². The van der Waals surface area contributed by atoms with Gasteiger partial charge in [-0.15, -0.1) is 0 Å². The van der Waals surface area contributed by atoms with E-state index in [4.69, 9.17) is 0 Å². The minimum Gasteiger partial charge on any atom is -0.357 e. The number of aliphatic imine (C=N–C) groups is 1. The fraction of sp³-hybridized carbons (Fsp3) is 0.857. The van der Waals surface area contributed by atoms with E-state index in [-0.39, 0.29) is 12.5 Å². The largest absolute Gasteiger partial charge is 0.357 e. The molecule has 0 unspecified atom stereocenters. The number of nitrogens with one attached hydrogen (secondary N) is 3. The van der Waals surface area contributed by atoms with E-state index in [1.807, 2.05) is 6.92 Å². The van der Waals surface area contributed by atoms with E-state index >= 15 is 0 Å². The van der Waals surface area contributed by atoms with Crippen molar-refractivity contribution in [2.75, 3.05) is 19.6 Å². The summed E-state index contributed by atoms with van der Waals surface area (Å²) in [6.07, 6.45) is 4.55. The zero-order valence-electron chi connectivity index (χ0n) is 12.5. The van der Waals surface area contributed by atoms with E-state index in [1.54, 1.807) is 0 Å². The summed E-state index contributed by atoms with van der Waals surface area (Å²) >= 11 is 0. The van der Waals surface area contributed by atoms with Crippen LogP contribution in [-0.4, -0.2) is 37.5 Å². The van der Waals surface area contributed by atoms with Crippen molar-refractivity contribution in [1.29, 1.82) is 0 Å². The number of nitrogens with zero attached hydrogens (tertiary/aromatic N) is 1. The molecule has 0 aromatic rings. The average molecular weight is 268 g/mol. The molecule has 1 aliphatic rings. The molecule has 0 heterocycles. The highest BCUT2D eigenvalue weighted by molar-refractivity contribution is 5.85. The number of carbonyl (C=O) groups is 1. The minimum atomic E-state index is 0.0156. The van der Waals surface area contributed by atoms with Crippen LogP contribution in [0.15, 0.2) is 4.99 Å². The molecule has 1 rings (SSSR count).